The van der Waals surface area contributed by atoms with Gasteiger partial charge in [0.1, 0.15) is 10.3 Å². The second kappa shape index (κ2) is 7.69. The van der Waals surface area contributed by atoms with Crippen LogP contribution in [0.3, 0.4) is 0 Å². The first-order chi connectivity index (χ1) is 10.5. The first-order valence-electron chi connectivity index (χ1n) is 6.97. The highest BCUT2D eigenvalue weighted by Gasteiger charge is 2.27. The summed E-state index contributed by atoms with van der Waals surface area (Å²) in [7, 11) is -3.46. The van der Waals surface area contributed by atoms with Gasteiger partial charge in [0, 0.05) is 19.6 Å². The van der Waals surface area contributed by atoms with E-state index >= 15 is 0 Å². The summed E-state index contributed by atoms with van der Waals surface area (Å²) in [5.41, 5.74) is 0. The van der Waals surface area contributed by atoms with Gasteiger partial charge < -0.3 is 10.2 Å². The number of hydrogen-bond donors (Lipinski definition) is 2. The molecule has 0 spiro atoms. The van der Waals surface area contributed by atoms with Crippen LogP contribution < -0.4 is 10.0 Å². The van der Waals surface area contributed by atoms with Crippen LogP contribution in [0, 0.1) is 11.3 Å². The molecular formula is C13H18N4O3S2. The number of carbonyl (C=O) groups excluding carboxylic acids is 1. The first-order valence-corrected chi connectivity index (χ1v) is 9.34. The topological polar surface area (TPSA) is 102 Å². The van der Waals surface area contributed by atoms with E-state index in [-0.39, 0.29) is 29.2 Å². The molecule has 7 nitrogen and oxygen atoms in total. The number of carbonyl (C=O) groups is 1. The van der Waals surface area contributed by atoms with E-state index in [1.165, 1.54) is 0 Å². The van der Waals surface area contributed by atoms with E-state index in [0.717, 1.165) is 24.2 Å². The molecule has 1 atom stereocenters. The largest absolute Gasteiger partial charge is 0.326 e. The number of likely N-dealkylation sites (tertiary alicyclic amines) is 1. The lowest BCUT2D eigenvalue weighted by molar-refractivity contribution is -0.130. The van der Waals surface area contributed by atoms with E-state index in [1.54, 1.807) is 22.4 Å². The molecule has 0 bridgehead atoms. The Morgan fingerprint density at radius 3 is 3.00 bits per heavy atom. The van der Waals surface area contributed by atoms with Gasteiger partial charge in [-0.3, -0.25) is 4.79 Å². The highest BCUT2D eigenvalue weighted by atomic mass is 32.2. The average Bonchev–Trinajstić information content (AvgIpc) is 3.17. The van der Waals surface area contributed by atoms with E-state index in [4.69, 9.17) is 5.26 Å². The Bertz CT molecular complexity index is 637. The molecule has 1 amide bonds. The van der Waals surface area contributed by atoms with Gasteiger partial charge in [-0.15, -0.1) is 11.3 Å². The van der Waals surface area contributed by atoms with Crippen molar-refractivity contribution in [1.29, 1.82) is 5.26 Å². The maximum atomic E-state index is 11.9. The van der Waals surface area contributed by atoms with Crippen molar-refractivity contribution in [2.24, 2.45) is 0 Å². The summed E-state index contributed by atoms with van der Waals surface area (Å²) in [6.07, 6.45) is 1.58. The highest BCUT2D eigenvalue weighted by Crippen LogP contribution is 2.16. The van der Waals surface area contributed by atoms with Crippen molar-refractivity contribution in [3.63, 3.8) is 0 Å². The van der Waals surface area contributed by atoms with Crippen LogP contribution in [0.25, 0.3) is 0 Å². The minimum Gasteiger partial charge on any atom is -0.326 e. The summed E-state index contributed by atoms with van der Waals surface area (Å²) >= 11 is 1.16. The molecule has 0 radical (unpaired) electrons. The van der Waals surface area contributed by atoms with Crippen LogP contribution in [0.1, 0.15) is 12.8 Å². The highest BCUT2D eigenvalue weighted by molar-refractivity contribution is 7.91. The molecule has 2 rings (SSSR count). The predicted octanol–water partition coefficient (Wildman–Crippen LogP) is 0.131. The van der Waals surface area contributed by atoms with Gasteiger partial charge in [-0.1, -0.05) is 6.07 Å². The van der Waals surface area contributed by atoms with Crippen LogP contribution in [0.5, 0.6) is 0 Å². The van der Waals surface area contributed by atoms with Crippen LogP contribution in [-0.4, -0.2) is 51.4 Å². The van der Waals surface area contributed by atoms with E-state index in [9.17, 15) is 13.2 Å². The number of rotatable bonds is 7. The van der Waals surface area contributed by atoms with Gasteiger partial charge in [-0.2, -0.15) is 5.26 Å². The van der Waals surface area contributed by atoms with Crippen molar-refractivity contribution in [2.75, 3.05) is 26.2 Å². The third kappa shape index (κ3) is 4.27. The Labute approximate surface area is 134 Å². The van der Waals surface area contributed by atoms with E-state index in [2.05, 4.69) is 16.1 Å². The van der Waals surface area contributed by atoms with Gasteiger partial charge in [-0.05, 0) is 24.3 Å². The fraction of sp³-hybridized carbons (Fsp3) is 0.538. The van der Waals surface area contributed by atoms with E-state index in [0.29, 0.717) is 13.1 Å². The zero-order valence-corrected chi connectivity index (χ0v) is 13.6. The molecule has 2 N–H and O–H groups in total. The van der Waals surface area contributed by atoms with Gasteiger partial charge in [0.05, 0.1) is 12.6 Å². The molecule has 1 saturated heterocycles. The average molecular weight is 342 g/mol. The quantitative estimate of drug-likeness (QED) is 0.686. The molecule has 0 saturated carbocycles. The molecule has 1 aromatic heterocycles. The van der Waals surface area contributed by atoms with Crippen molar-refractivity contribution in [2.45, 2.75) is 23.1 Å². The number of nitriles is 1. The maximum Gasteiger partial charge on any atom is 0.250 e. The van der Waals surface area contributed by atoms with Crippen LogP contribution in [0.15, 0.2) is 21.7 Å². The molecule has 22 heavy (non-hydrogen) atoms. The van der Waals surface area contributed by atoms with Crippen molar-refractivity contribution in [3.8, 4) is 6.07 Å². The third-order valence-electron chi connectivity index (χ3n) is 3.35. The van der Waals surface area contributed by atoms with Gasteiger partial charge in [0.2, 0.25) is 15.9 Å². The second-order valence-electron chi connectivity index (χ2n) is 4.88. The molecule has 120 valence electrons. The molecule has 1 aliphatic rings. The number of hydrogen-bond acceptors (Lipinski definition) is 6. The van der Waals surface area contributed by atoms with Crippen LogP contribution >= 0.6 is 11.3 Å². The number of nitrogens with zero attached hydrogens (tertiary/aromatic N) is 2. The van der Waals surface area contributed by atoms with Crippen molar-refractivity contribution >= 4 is 27.3 Å². The molecule has 2 heterocycles. The van der Waals surface area contributed by atoms with Crippen molar-refractivity contribution in [1.82, 2.24) is 14.9 Å². The summed E-state index contributed by atoms with van der Waals surface area (Å²) in [5.74, 6) is -0.120. The van der Waals surface area contributed by atoms with Gasteiger partial charge in [-0.25, -0.2) is 13.1 Å². The molecule has 1 aliphatic heterocycles. The standard InChI is InChI=1S/C13H18N4O3S2/c14-9-11-3-1-7-17(11)12(18)10-15-5-6-16-22(19,20)13-4-2-8-21-13/h2,4,8,11,15-16H,1,3,5-7,10H2/t11-/m0/s1. The zero-order chi connectivity index (χ0) is 16.0. The lowest BCUT2D eigenvalue weighted by Crippen LogP contribution is -2.42. The Balaban J connectivity index is 1.68. The summed E-state index contributed by atoms with van der Waals surface area (Å²) in [6.45, 7) is 1.28. The SMILES string of the molecule is N#C[C@@H]1CCCN1C(=O)CNCCNS(=O)(=O)c1cccs1. The Morgan fingerprint density at radius 1 is 1.50 bits per heavy atom. The van der Waals surface area contributed by atoms with E-state index < -0.39 is 10.0 Å². The number of amides is 1. The van der Waals surface area contributed by atoms with Gasteiger partial charge >= 0.3 is 0 Å². The van der Waals surface area contributed by atoms with Crippen LogP contribution in [0.4, 0.5) is 0 Å². The fourth-order valence-electron chi connectivity index (χ4n) is 2.26. The molecule has 0 aromatic carbocycles. The van der Waals surface area contributed by atoms with Crippen molar-refractivity contribution in [3.05, 3.63) is 17.5 Å². The minimum absolute atomic E-state index is 0.110. The minimum atomic E-state index is -3.46. The maximum absolute atomic E-state index is 11.9. The summed E-state index contributed by atoms with van der Waals surface area (Å²) in [4.78, 5) is 13.5. The van der Waals surface area contributed by atoms with Crippen LogP contribution in [-0.2, 0) is 14.8 Å². The smallest absolute Gasteiger partial charge is 0.250 e. The lowest BCUT2D eigenvalue weighted by Gasteiger charge is -2.19. The Hall–Kier alpha value is -1.47. The molecule has 9 heteroatoms. The lowest BCUT2D eigenvalue weighted by atomic mass is 10.2. The monoisotopic (exact) mass is 342 g/mol. The Morgan fingerprint density at radius 2 is 2.32 bits per heavy atom. The Kier molecular flexibility index (Phi) is 5.90. The normalized spacial score (nSPS) is 18.3. The number of thiophene rings is 1. The summed E-state index contributed by atoms with van der Waals surface area (Å²) in [6, 6.07) is 5.01. The third-order valence-corrected chi connectivity index (χ3v) is 6.21. The molecule has 1 fully saturated rings. The van der Waals surface area contributed by atoms with Crippen molar-refractivity contribution < 1.29 is 13.2 Å². The zero-order valence-electron chi connectivity index (χ0n) is 12.0. The molecule has 1 aromatic rings. The second-order valence-corrected chi connectivity index (χ2v) is 7.82. The van der Waals surface area contributed by atoms with E-state index in [1.807, 2.05) is 0 Å². The first kappa shape index (κ1) is 16.9. The number of nitrogens with one attached hydrogen (secondary N) is 2. The van der Waals surface area contributed by atoms with Gasteiger partial charge in [0.15, 0.2) is 0 Å². The van der Waals surface area contributed by atoms with Gasteiger partial charge in [0.25, 0.3) is 0 Å². The fourth-order valence-corrected chi connectivity index (χ4v) is 4.33. The molecule has 0 unspecified atom stereocenters. The number of sulfonamides is 1. The van der Waals surface area contributed by atoms with Crippen LogP contribution in [0.2, 0.25) is 0 Å². The summed E-state index contributed by atoms with van der Waals surface area (Å²) in [5, 5.41) is 13.5. The molecule has 0 aliphatic carbocycles. The summed E-state index contributed by atoms with van der Waals surface area (Å²) < 4.78 is 26.4. The predicted molar refractivity (Wildman–Crippen MR) is 82.7 cm³/mol. The molecular weight excluding hydrogens is 324 g/mol.